The zero-order chi connectivity index (χ0) is 14.7. The molecule has 2 rings (SSSR count). The second kappa shape index (κ2) is 5.39. The maximum atomic E-state index is 13.2. The molecule has 20 heavy (non-hydrogen) atoms. The predicted molar refractivity (Wildman–Crippen MR) is 68.6 cm³/mol. The van der Waals surface area contributed by atoms with Gasteiger partial charge in [-0.1, -0.05) is 0 Å². The highest BCUT2D eigenvalue weighted by molar-refractivity contribution is 6.04. The quantitative estimate of drug-likeness (QED) is 0.721. The molecule has 0 saturated carbocycles. The Morgan fingerprint density at radius 1 is 1.45 bits per heavy atom. The molecule has 1 amide bonds. The van der Waals surface area contributed by atoms with Gasteiger partial charge in [0.1, 0.15) is 12.4 Å². The van der Waals surface area contributed by atoms with Crippen molar-refractivity contribution in [2.75, 3.05) is 11.1 Å². The molecule has 1 aromatic carbocycles. The van der Waals surface area contributed by atoms with Crippen molar-refractivity contribution in [1.82, 2.24) is 9.78 Å². The maximum absolute atomic E-state index is 13.2. The topological polar surface area (TPSA) is 110 Å². The van der Waals surface area contributed by atoms with Crippen molar-refractivity contribution in [2.24, 2.45) is 0 Å². The van der Waals surface area contributed by atoms with Crippen LogP contribution in [0.4, 0.5) is 15.8 Å². The molecule has 0 fully saturated rings. The van der Waals surface area contributed by atoms with Crippen LogP contribution in [0.1, 0.15) is 10.4 Å². The van der Waals surface area contributed by atoms with Crippen LogP contribution in [0.3, 0.4) is 0 Å². The van der Waals surface area contributed by atoms with E-state index in [9.17, 15) is 14.0 Å². The van der Waals surface area contributed by atoms with Crippen molar-refractivity contribution >= 4 is 23.3 Å². The first kappa shape index (κ1) is 13.5. The van der Waals surface area contributed by atoms with Crippen LogP contribution in [0, 0.1) is 5.82 Å². The van der Waals surface area contributed by atoms with E-state index < -0.39 is 17.7 Å². The molecule has 4 N–H and O–H groups in total. The molecule has 0 saturated heterocycles. The number of carbonyl (C=O) groups is 2. The molecule has 0 aliphatic heterocycles. The van der Waals surface area contributed by atoms with E-state index in [1.807, 2.05) is 0 Å². The van der Waals surface area contributed by atoms with Gasteiger partial charge in [0, 0.05) is 11.8 Å². The summed E-state index contributed by atoms with van der Waals surface area (Å²) in [6.07, 6.45) is 2.66. The molecule has 1 aromatic heterocycles. The Labute approximate surface area is 112 Å². The van der Waals surface area contributed by atoms with E-state index >= 15 is 0 Å². The highest BCUT2D eigenvalue weighted by Crippen LogP contribution is 2.14. The zero-order valence-electron chi connectivity index (χ0n) is 10.2. The maximum Gasteiger partial charge on any atom is 0.325 e. The first-order valence-electron chi connectivity index (χ1n) is 5.56. The summed E-state index contributed by atoms with van der Waals surface area (Å²) in [4.78, 5) is 22.3. The normalized spacial score (nSPS) is 10.2. The first-order chi connectivity index (χ1) is 9.45. The van der Waals surface area contributed by atoms with Crippen LogP contribution in [0.5, 0.6) is 0 Å². The van der Waals surface area contributed by atoms with E-state index in [2.05, 4.69) is 10.4 Å². The Balaban J connectivity index is 2.09. The number of aromatic nitrogens is 2. The number of hydrogen-bond donors (Lipinski definition) is 3. The van der Waals surface area contributed by atoms with Gasteiger partial charge in [-0.3, -0.25) is 14.3 Å². The number of anilines is 2. The number of nitrogens with two attached hydrogens (primary N) is 1. The molecule has 7 nitrogen and oxygen atoms in total. The molecule has 0 radical (unpaired) electrons. The Morgan fingerprint density at radius 3 is 2.85 bits per heavy atom. The lowest BCUT2D eigenvalue weighted by atomic mass is 10.2. The largest absolute Gasteiger partial charge is 0.480 e. The fourth-order valence-electron chi connectivity index (χ4n) is 1.52. The minimum Gasteiger partial charge on any atom is -0.480 e. The van der Waals surface area contributed by atoms with Crippen LogP contribution in [-0.4, -0.2) is 26.8 Å². The lowest BCUT2D eigenvalue weighted by Crippen LogP contribution is -2.12. The number of carboxylic acid groups (broad SMARTS) is 1. The Hall–Kier alpha value is -2.90. The summed E-state index contributed by atoms with van der Waals surface area (Å²) in [6, 6.07) is 3.69. The van der Waals surface area contributed by atoms with Gasteiger partial charge in [0.25, 0.3) is 5.91 Å². The van der Waals surface area contributed by atoms with Crippen LogP contribution in [0.15, 0.2) is 30.6 Å². The van der Waals surface area contributed by atoms with E-state index in [0.29, 0.717) is 5.69 Å². The van der Waals surface area contributed by atoms with Gasteiger partial charge in [0.05, 0.1) is 17.6 Å². The monoisotopic (exact) mass is 278 g/mol. The smallest absolute Gasteiger partial charge is 0.325 e. The number of carboxylic acids is 1. The number of nitrogens with one attached hydrogen (secondary N) is 1. The van der Waals surface area contributed by atoms with E-state index in [4.69, 9.17) is 10.8 Å². The average molecular weight is 278 g/mol. The molecule has 104 valence electrons. The summed E-state index contributed by atoms with van der Waals surface area (Å²) in [5.74, 6) is -2.27. The number of carbonyl (C=O) groups excluding carboxylic acids is 1. The molecule has 0 atom stereocenters. The second-order valence-electron chi connectivity index (χ2n) is 4.01. The molecule has 0 aliphatic carbocycles. The molecular weight excluding hydrogens is 267 g/mol. The van der Waals surface area contributed by atoms with Crippen LogP contribution >= 0.6 is 0 Å². The molecule has 0 bridgehead atoms. The van der Waals surface area contributed by atoms with Crippen molar-refractivity contribution in [3.05, 3.63) is 42.0 Å². The van der Waals surface area contributed by atoms with Gasteiger partial charge in [-0.15, -0.1) is 0 Å². The zero-order valence-corrected chi connectivity index (χ0v) is 10.2. The standard InChI is InChI=1S/C12H11FN4O3/c13-9-3-7(1-2-10(9)14)12(20)16-8-4-15-17(5-8)6-11(18)19/h1-5H,6,14H2,(H,16,20)(H,18,19). The van der Waals surface area contributed by atoms with Gasteiger partial charge in [-0.05, 0) is 18.2 Å². The van der Waals surface area contributed by atoms with Gasteiger partial charge in [-0.25, -0.2) is 4.39 Å². The van der Waals surface area contributed by atoms with Gasteiger partial charge in [0.15, 0.2) is 0 Å². The lowest BCUT2D eigenvalue weighted by molar-refractivity contribution is -0.137. The highest BCUT2D eigenvalue weighted by atomic mass is 19.1. The number of nitrogens with zero attached hydrogens (tertiary/aromatic N) is 2. The number of nitrogen functional groups attached to an aromatic ring is 1. The van der Waals surface area contributed by atoms with Crippen molar-refractivity contribution < 1.29 is 19.1 Å². The van der Waals surface area contributed by atoms with Crippen molar-refractivity contribution in [3.63, 3.8) is 0 Å². The summed E-state index contributed by atoms with van der Waals surface area (Å²) in [5.41, 5.74) is 5.68. The minimum atomic E-state index is -1.05. The number of halogens is 1. The molecule has 0 spiro atoms. The first-order valence-corrected chi connectivity index (χ1v) is 5.56. The Kier molecular flexibility index (Phi) is 3.65. The molecular formula is C12H11FN4O3. The molecule has 8 heteroatoms. The number of rotatable bonds is 4. The average Bonchev–Trinajstić information content (AvgIpc) is 2.79. The van der Waals surface area contributed by atoms with Crippen LogP contribution in [-0.2, 0) is 11.3 Å². The SMILES string of the molecule is Nc1ccc(C(=O)Nc2cnn(CC(=O)O)c2)cc1F. The minimum absolute atomic E-state index is 0.0455. The van der Waals surface area contributed by atoms with Gasteiger partial charge < -0.3 is 16.2 Å². The number of hydrogen-bond acceptors (Lipinski definition) is 4. The van der Waals surface area contributed by atoms with Crippen LogP contribution < -0.4 is 11.1 Å². The number of benzene rings is 1. The van der Waals surface area contributed by atoms with Crippen LogP contribution in [0.25, 0.3) is 0 Å². The summed E-state index contributed by atoms with van der Waals surface area (Å²) in [7, 11) is 0. The van der Waals surface area contributed by atoms with E-state index in [1.54, 1.807) is 0 Å². The third-order valence-corrected chi connectivity index (χ3v) is 2.45. The highest BCUT2D eigenvalue weighted by Gasteiger charge is 2.10. The van der Waals surface area contributed by atoms with Gasteiger partial charge in [-0.2, -0.15) is 5.10 Å². The van der Waals surface area contributed by atoms with Crippen molar-refractivity contribution in [2.45, 2.75) is 6.54 Å². The second-order valence-corrected chi connectivity index (χ2v) is 4.01. The fraction of sp³-hybridized carbons (Fsp3) is 0.0833. The van der Waals surface area contributed by atoms with Crippen molar-refractivity contribution in [3.8, 4) is 0 Å². The van der Waals surface area contributed by atoms with E-state index in [-0.39, 0.29) is 17.8 Å². The van der Waals surface area contributed by atoms with Gasteiger partial charge >= 0.3 is 5.97 Å². The lowest BCUT2D eigenvalue weighted by Gasteiger charge is -2.03. The third kappa shape index (κ3) is 3.10. The molecule has 0 unspecified atom stereocenters. The summed E-state index contributed by atoms with van der Waals surface area (Å²) < 4.78 is 14.4. The molecule has 2 aromatic rings. The van der Waals surface area contributed by atoms with Gasteiger partial charge in [0.2, 0.25) is 0 Å². The predicted octanol–water partition coefficient (Wildman–Crippen LogP) is 0.941. The molecule has 1 heterocycles. The Morgan fingerprint density at radius 2 is 2.20 bits per heavy atom. The third-order valence-electron chi connectivity index (χ3n) is 2.45. The van der Waals surface area contributed by atoms with E-state index in [1.165, 1.54) is 24.5 Å². The van der Waals surface area contributed by atoms with Crippen molar-refractivity contribution in [1.29, 1.82) is 0 Å². The van der Waals surface area contributed by atoms with Crippen LogP contribution in [0.2, 0.25) is 0 Å². The fourth-order valence-corrected chi connectivity index (χ4v) is 1.52. The molecule has 0 aliphatic rings. The number of aliphatic carboxylic acids is 1. The summed E-state index contributed by atoms with van der Waals surface area (Å²) >= 11 is 0. The Bertz CT molecular complexity index is 668. The summed E-state index contributed by atoms with van der Waals surface area (Å²) in [5, 5.41) is 14.8. The number of amides is 1. The van der Waals surface area contributed by atoms with E-state index in [0.717, 1.165) is 10.7 Å². The summed E-state index contributed by atoms with van der Waals surface area (Å²) in [6.45, 7) is -0.313.